The maximum absolute atomic E-state index is 6.56. The first-order chi connectivity index (χ1) is 19.6. The first-order valence-electron chi connectivity index (χ1n) is 12.6. The van der Waals surface area contributed by atoms with Crippen LogP contribution in [0.5, 0.6) is 5.75 Å². The molecule has 0 saturated carbocycles. The number of hydrogen-bond acceptors (Lipinski definition) is 6. The number of hydrogen-bond donors (Lipinski definition) is 0. The van der Waals surface area contributed by atoms with Gasteiger partial charge in [0.2, 0.25) is 0 Å². The van der Waals surface area contributed by atoms with Gasteiger partial charge < -0.3 is 9.64 Å². The Kier molecular flexibility index (Phi) is 7.31. The molecule has 0 unspecified atom stereocenters. The molecule has 0 aliphatic heterocycles. The van der Waals surface area contributed by atoms with Gasteiger partial charge in [0.15, 0.2) is 17.4 Å². The fourth-order valence-electron chi connectivity index (χ4n) is 4.62. The van der Waals surface area contributed by atoms with Crippen LogP contribution in [0.15, 0.2) is 104 Å². The first kappa shape index (κ1) is 25.8. The topological polar surface area (TPSA) is 69.0 Å². The van der Waals surface area contributed by atoms with Crippen LogP contribution in [0.3, 0.4) is 0 Å². The van der Waals surface area contributed by atoms with Crippen LogP contribution in [0.2, 0.25) is 10.0 Å². The predicted octanol–water partition coefficient (Wildman–Crippen LogP) is 7.59. The smallest absolute Gasteiger partial charge is 0.183 e. The number of fused-ring (bicyclic) bond motifs is 1. The molecule has 3 heterocycles. The number of anilines is 2. The zero-order chi connectivity index (χ0) is 27.5. The van der Waals surface area contributed by atoms with E-state index in [1.54, 1.807) is 25.7 Å². The Morgan fingerprint density at radius 1 is 0.825 bits per heavy atom. The normalized spacial score (nSPS) is 11.1. The number of methoxy groups -OCH3 is 1. The van der Waals surface area contributed by atoms with E-state index in [0.717, 1.165) is 27.7 Å². The summed E-state index contributed by atoms with van der Waals surface area (Å²) in [5.41, 5.74) is 4.42. The molecule has 0 saturated heterocycles. The van der Waals surface area contributed by atoms with E-state index < -0.39 is 0 Å². The van der Waals surface area contributed by atoms with Crippen molar-refractivity contribution >= 4 is 45.6 Å². The molecule has 198 valence electrons. The van der Waals surface area contributed by atoms with Gasteiger partial charge in [0.05, 0.1) is 31.9 Å². The maximum atomic E-state index is 6.56. The molecule has 0 N–H and O–H groups in total. The van der Waals surface area contributed by atoms with E-state index in [0.29, 0.717) is 46.2 Å². The van der Waals surface area contributed by atoms with E-state index in [-0.39, 0.29) is 0 Å². The van der Waals surface area contributed by atoms with Gasteiger partial charge in [-0.15, -0.1) is 0 Å². The maximum Gasteiger partial charge on any atom is 0.183 e. The van der Waals surface area contributed by atoms with Gasteiger partial charge in [-0.1, -0.05) is 77.8 Å². The standard InChI is InChI=1S/C31H24Cl2N6O/c1-40-28-18-35-30(29-24-10-4-7-13-27(24)39(37-29)20-22-9-3-6-12-26(22)33)36-31(28)38(23-14-16-34-17-15-23)19-21-8-2-5-11-25(21)32/h2-18H,19-20H2,1H3. The second kappa shape index (κ2) is 11.3. The molecule has 3 aromatic heterocycles. The molecular weight excluding hydrogens is 543 g/mol. The quantitative estimate of drug-likeness (QED) is 0.189. The molecule has 9 heteroatoms. The molecule has 0 bridgehead atoms. The fourth-order valence-corrected chi connectivity index (χ4v) is 5.01. The van der Waals surface area contributed by atoms with Crippen LogP contribution in [-0.2, 0) is 13.1 Å². The van der Waals surface area contributed by atoms with Gasteiger partial charge in [0.1, 0.15) is 5.69 Å². The van der Waals surface area contributed by atoms with Crippen molar-refractivity contribution in [3.05, 3.63) is 125 Å². The number of ether oxygens (including phenoxy) is 1. The van der Waals surface area contributed by atoms with Crippen LogP contribution in [-0.4, -0.2) is 31.8 Å². The molecule has 7 nitrogen and oxygen atoms in total. The number of halogens is 2. The van der Waals surface area contributed by atoms with Crippen LogP contribution < -0.4 is 9.64 Å². The second-order valence-electron chi connectivity index (χ2n) is 9.08. The van der Waals surface area contributed by atoms with E-state index in [1.807, 2.05) is 94.5 Å². The summed E-state index contributed by atoms with van der Waals surface area (Å²) in [7, 11) is 1.61. The zero-order valence-corrected chi connectivity index (χ0v) is 23.1. The highest BCUT2D eigenvalue weighted by atomic mass is 35.5. The minimum atomic E-state index is 0.457. The number of rotatable bonds is 8. The Balaban J connectivity index is 1.48. The van der Waals surface area contributed by atoms with Crippen molar-refractivity contribution < 1.29 is 4.74 Å². The summed E-state index contributed by atoms with van der Waals surface area (Å²) in [4.78, 5) is 15.9. The van der Waals surface area contributed by atoms with Crippen LogP contribution in [0, 0.1) is 0 Å². The van der Waals surface area contributed by atoms with Gasteiger partial charge in [0, 0.05) is 33.5 Å². The lowest BCUT2D eigenvalue weighted by atomic mass is 10.2. The van der Waals surface area contributed by atoms with Crippen LogP contribution in [0.1, 0.15) is 11.1 Å². The van der Waals surface area contributed by atoms with E-state index in [1.165, 1.54) is 0 Å². The Morgan fingerprint density at radius 3 is 2.23 bits per heavy atom. The third-order valence-electron chi connectivity index (χ3n) is 6.62. The second-order valence-corrected chi connectivity index (χ2v) is 9.90. The Morgan fingerprint density at radius 2 is 1.50 bits per heavy atom. The molecule has 0 aliphatic rings. The summed E-state index contributed by atoms with van der Waals surface area (Å²) in [6.07, 6.45) is 5.17. The van der Waals surface area contributed by atoms with Crippen LogP contribution in [0.4, 0.5) is 11.5 Å². The molecule has 0 radical (unpaired) electrons. The van der Waals surface area contributed by atoms with Crippen molar-refractivity contribution in [1.82, 2.24) is 24.7 Å². The largest absolute Gasteiger partial charge is 0.491 e. The first-order valence-corrected chi connectivity index (χ1v) is 13.4. The molecule has 0 amide bonds. The van der Waals surface area contributed by atoms with E-state index in [4.69, 9.17) is 38.0 Å². The number of aromatic nitrogens is 5. The number of para-hydroxylation sites is 1. The Hall–Kier alpha value is -4.46. The molecule has 0 spiro atoms. The van der Waals surface area contributed by atoms with Crippen molar-refractivity contribution in [1.29, 1.82) is 0 Å². The minimum absolute atomic E-state index is 0.457. The summed E-state index contributed by atoms with van der Waals surface area (Å²) in [5, 5.41) is 7.26. The van der Waals surface area contributed by atoms with Crippen molar-refractivity contribution in [2.45, 2.75) is 13.1 Å². The zero-order valence-electron chi connectivity index (χ0n) is 21.6. The van der Waals surface area contributed by atoms with E-state index >= 15 is 0 Å². The molecule has 3 aromatic carbocycles. The minimum Gasteiger partial charge on any atom is -0.491 e. The summed E-state index contributed by atoms with van der Waals surface area (Å²) < 4.78 is 7.67. The lowest BCUT2D eigenvalue weighted by Crippen LogP contribution is -2.19. The number of pyridine rings is 1. The number of benzene rings is 3. The Bertz CT molecular complexity index is 1790. The van der Waals surface area contributed by atoms with Gasteiger partial charge in [-0.25, -0.2) is 9.97 Å². The highest BCUT2D eigenvalue weighted by molar-refractivity contribution is 6.31. The van der Waals surface area contributed by atoms with Gasteiger partial charge in [-0.2, -0.15) is 5.10 Å². The Labute approximate surface area is 241 Å². The van der Waals surface area contributed by atoms with E-state index in [2.05, 4.69) is 9.97 Å². The summed E-state index contributed by atoms with van der Waals surface area (Å²) in [5.74, 6) is 1.58. The monoisotopic (exact) mass is 566 g/mol. The fraction of sp³-hybridized carbons (Fsp3) is 0.0968. The molecule has 0 aliphatic carbocycles. The van der Waals surface area contributed by atoms with Crippen molar-refractivity contribution in [2.24, 2.45) is 0 Å². The predicted molar refractivity (Wildman–Crippen MR) is 159 cm³/mol. The summed E-state index contributed by atoms with van der Waals surface area (Å²) in [6, 6.07) is 27.4. The lowest BCUT2D eigenvalue weighted by Gasteiger charge is -2.26. The summed E-state index contributed by atoms with van der Waals surface area (Å²) in [6.45, 7) is 0.969. The number of nitrogens with zero attached hydrogens (tertiary/aromatic N) is 6. The summed E-state index contributed by atoms with van der Waals surface area (Å²) >= 11 is 13.0. The van der Waals surface area contributed by atoms with Crippen molar-refractivity contribution in [3.8, 4) is 17.3 Å². The van der Waals surface area contributed by atoms with Crippen LogP contribution >= 0.6 is 23.2 Å². The van der Waals surface area contributed by atoms with Gasteiger partial charge >= 0.3 is 0 Å². The molecule has 0 atom stereocenters. The average Bonchev–Trinajstić information content (AvgIpc) is 3.36. The molecule has 6 aromatic rings. The average molecular weight is 567 g/mol. The lowest BCUT2D eigenvalue weighted by molar-refractivity contribution is 0.411. The van der Waals surface area contributed by atoms with Crippen LogP contribution in [0.25, 0.3) is 22.4 Å². The molecule has 0 fully saturated rings. The van der Waals surface area contributed by atoms with Crippen molar-refractivity contribution in [3.63, 3.8) is 0 Å². The highest BCUT2D eigenvalue weighted by Gasteiger charge is 2.22. The third-order valence-corrected chi connectivity index (χ3v) is 7.36. The molecule has 6 rings (SSSR count). The highest BCUT2D eigenvalue weighted by Crippen LogP contribution is 2.36. The van der Waals surface area contributed by atoms with Gasteiger partial charge in [-0.05, 0) is 41.5 Å². The van der Waals surface area contributed by atoms with Gasteiger partial charge in [0.25, 0.3) is 0 Å². The van der Waals surface area contributed by atoms with Crippen molar-refractivity contribution in [2.75, 3.05) is 12.0 Å². The molecule has 40 heavy (non-hydrogen) atoms. The molecular formula is C31H24Cl2N6O. The van der Waals surface area contributed by atoms with Gasteiger partial charge in [-0.3, -0.25) is 9.67 Å². The third kappa shape index (κ3) is 5.09. The SMILES string of the molecule is COc1cnc(-c2nn(Cc3ccccc3Cl)c3ccccc23)nc1N(Cc1ccccc1Cl)c1ccncc1. The van der Waals surface area contributed by atoms with E-state index in [9.17, 15) is 0 Å².